The lowest BCUT2D eigenvalue weighted by molar-refractivity contribution is -0.385. The first kappa shape index (κ1) is 14.0. The lowest BCUT2D eigenvalue weighted by Crippen LogP contribution is -1.96. The number of non-ortho nitro benzene ring substituents is 1. The van der Waals surface area contributed by atoms with Gasteiger partial charge in [0, 0.05) is 6.07 Å². The number of nitro groups is 1. The normalized spacial score (nSPS) is 10.7. The molecular weight excluding hydrogens is 356 g/mol. The number of aromatic nitrogens is 1. The second kappa shape index (κ2) is 5.79. The number of ether oxygens (including phenoxy) is 1. The van der Waals surface area contributed by atoms with Crippen LogP contribution in [0.1, 0.15) is 5.01 Å². The molecule has 0 amide bonds. The molecule has 0 bridgehead atoms. The Morgan fingerprint density at radius 2 is 2.10 bits per heavy atom. The molecule has 1 aromatic heterocycles. The summed E-state index contributed by atoms with van der Waals surface area (Å²) >= 11 is 4.87. The van der Waals surface area contributed by atoms with Crippen LogP contribution in [0, 0.1) is 10.1 Å². The highest BCUT2D eigenvalue weighted by Crippen LogP contribution is 2.30. The van der Waals surface area contributed by atoms with Crippen molar-refractivity contribution in [3.05, 3.63) is 62.1 Å². The monoisotopic (exact) mass is 364 g/mol. The Morgan fingerprint density at radius 1 is 1.29 bits per heavy atom. The van der Waals surface area contributed by atoms with Gasteiger partial charge in [0.15, 0.2) is 0 Å². The van der Waals surface area contributed by atoms with E-state index in [1.807, 2.05) is 24.3 Å². The van der Waals surface area contributed by atoms with Crippen LogP contribution in [-0.2, 0) is 6.61 Å². The summed E-state index contributed by atoms with van der Waals surface area (Å²) in [6.45, 7) is 0.277. The topological polar surface area (TPSA) is 65.3 Å². The molecule has 21 heavy (non-hydrogen) atoms. The van der Waals surface area contributed by atoms with Crippen molar-refractivity contribution in [3.8, 4) is 5.75 Å². The Labute approximate surface area is 132 Å². The van der Waals surface area contributed by atoms with Crippen molar-refractivity contribution in [2.45, 2.75) is 6.61 Å². The summed E-state index contributed by atoms with van der Waals surface area (Å²) in [5.74, 6) is 0.434. The fraction of sp³-hybridized carbons (Fsp3) is 0.0714. The van der Waals surface area contributed by atoms with Gasteiger partial charge < -0.3 is 4.74 Å². The Morgan fingerprint density at radius 3 is 2.86 bits per heavy atom. The van der Waals surface area contributed by atoms with Crippen molar-refractivity contribution in [3.63, 3.8) is 0 Å². The molecule has 0 saturated heterocycles. The number of hydrogen-bond donors (Lipinski definition) is 0. The van der Waals surface area contributed by atoms with E-state index in [4.69, 9.17) is 4.74 Å². The second-order valence-electron chi connectivity index (χ2n) is 4.24. The molecule has 0 aliphatic carbocycles. The van der Waals surface area contributed by atoms with E-state index in [2.05, 4.69) is 20.9 Å². The van der Waals surface area contributed by atoms with Crippen molar-refractivity contribution in [1.29, 1.82) is 0 Å². The van der Waals surface area contributed by atoms with Crippen LogP contribution in [0.25, 0.3) is 10.2 Å². The van der Waals surface area contributed by atoms with E-state index >= 15 is 0 Å². The van der Waals surface area contributed by atoms with E-state index in [1.54, 1.807) is 17.4 Å². The quantitative estimate of drug-likeness (QED) is 0.503. The third kappa shape index (κ3) is 3.03. The Hall–Kier alpha value is -1.99. The minimum absolute atomic E-state index is 0.00231. The first-order valence-corrected chi connectivity index (χ1v) is 7.65. The van der Waals surface area contributed by atoms with Gasteiger partial charge in [-0.2, -0.15) is 0 Å². The van der Waals surface area contributed by atoms with Crippen LogP contribution >= 0.6 is 27.3 Å². The highest BCUT2D eigenvalue weighted by Gasteiger charge is 2.11. The number of halogens is 1. The highest BCUT2D eigenvalue weighted by atomic mass is 79.9. The standard InChI is InChI=1S/C14H9BrN2O3S/c15-10-6-5-9(17(18)19)7-12(10)20-8-14-16-11-3-1-2-4-13(11)21-14/h1-7H,8H2. The highest BCUT2D eigenvalue weighted by molar-refractivity contribution is 9.10. The van der Waals surface area contributed by atoms with E-state index < -0.39 is 4.92 Å². The molecule has 3 rings (SSSR count). The molecule has 106 valence electrons. The van der Waals surface area contributed by atoms with Gasteiger partial charge in [0.05, 0.1) is 25.7 Å². The third-order valence-electron chi connectivity index (χ3n) is 2.81. The molecule has 0 unspecified atom stereocenters. The maximum atomic E-state index is 10.8. The first-order chi connectivity index (χ1) is 10.1. The molecule has 0 saturated carbocycles. The lowest BCUT2D eigenvalue weighted by atomic mass is 10.3. The molecule has 0 radical (unpaired) electrons. The summed E-state index contributed by atoms with van der Waals surface area (Å²) in [5, 5.41) is 11.6. The smallest absolute Gasteiger partial charge is 0.273 e. The van der Waals surface area contributed by atoms with Crippen LogP contribution in [0.5, 0.6) is 5.75 Å². The SMILES string of the molecule is O=[N+]([O-])c1ccc(Br)c(OCc2nc3ccccc3s2)c1. The van der Waals surface area contributed by atoms with Crippen LogP contribution in [0.15, 0.2) is 46.9 Å². The molecular formula is C14H9BrN2O3S. The van der Waals surface area contributed by atoms with Crippen molar-refractivity contribution in [2.75, 3.05) is 0 Å². The van der Waals surface area contributed by atoms with Gasteiger partial charge in [0.1, 0.15) is 17.4 Å². The van der Waals surface area contributed by atoms with Crippen LogP contribution in [-0.4, -0.2) is 9.91 Å². The molecule has 3 aromatic rings. The predicted molar refractivity (Wildman–Crippen MR) is 84.7 cm³/mol. The van der Waals surface area contributed by atoms with Gasteiger partial charge in [-0.15, -0.1) is 11.3 Å². The number of para-hydroxylation sites is 1. The van der Waals surface area contributed by atoms with Gasteiger partial charge in [-0.25, -0.2) is 4.98 Å². The van der Waals surface area contributed by atoms with Gasteiger partial charge in [0.2, 0.25) is 0 Å². The van der Waals surface area contributed by atoms with Crippen LogP contribution in [0.3, 0.4) is 0 Å². The van der Waals surface area contributed by atoms with Gasteiger partial charge in [0.25, 0.3) is 5.69 Å². The van der Waals surface area contributed by atoms with Crippen molar-refractivity contribution in [1.82, 2.24) is 4.98 Å². The van der Waals surface area contributed by atoms with Crippen LogP contribution in [0.2, 0.25) is 0 Å². The molecule has 0 aliphatic rings. The zero-order valence-electron chi connectivity index (χ0n) is 10.7. The number of nitrogens with zero attached hydrogens (tertiary/aromatic N) is 2. The Kier molecular flexibility index (Phi) is 3.85. The summed E-state index contributed by atoms with van der Waals surface area (Å²) in [6, 6.07) is 12.3. The van der Waals surface area contributed by atoms with Gasteiger partial charge in [-0.3, -0.25) is 10.1 Å². The van der Waals surface area contributed by atoms with E-state index in [0.717, 1.165) is 15.2 Å². The van der Waals surface area contributed by atoms with Gasteiger partial charge in [-0.1, -0.05) is 12.1 Å². The van der Waals surface area contributed by atoms with Gasteiger partial charge >= 0.3 is 0 Å². The van der Waals surface area contributed by atoms with Crippen molar-refractivity contribution >= 4 is 43.2 Å². The summed E-state index contributed by atoms with van der Waals surface area (Å²) in [5.41, 5.74) is 0.928. The Bertz CT molecular complexity index is 786. The summed E-state index contributed by atoms with van der Waals surface area (Å²) in [4.78, 5) is 14.8. The fourth-order valence-electron chi connectivity index (χ4n) is 1.84. The minimum Gasteiger partial charge on any atom is -0.485 e. The number of benzene rings is 2. The summed E-state index contributed by atoms with van der Waals surface area (Å²) in [7, 11) is 0. The molecule has 5 nitrogen and oxygen atoms in total. The van der Waals surface area contributed by atoms with Gasteiger partial charge in [-0.05, 0) is 34.1 Å². The maximum Gasteiger partial charge on any atom is 0.273 e. The molecule has 0 fully saturated rings. The molecule has 0 aliphatic heterocycles. The van der Waals surface area contributed by atoms with E-state index in [9.17, 15) is 10.1 Å². The molecule has 1 heterocycles. The Balaban J connectivity index is 1.80. The maximum absolute atomic E-state index is 10.8. The molecule has 2 aromatic carbocycles. The summed E-state index contributed by atoms with van der Waals surface area (Å²) in [6.07, 6.45) is 0. The summed E-state index contributed by atoms with van der Waals surface area (Å²) < 4.78 is 7.41. The largest absolute Gasteiger partial charge is 0.485 e. The lowest BCUT2D eigenvalue weighted by Gasteiger charge is -2.05. The number of fused-ring (bicyclic) bond motifs is 1. The van der Waals surface area contributed by atoms with Crippen molar-refractivity contribution in [2.24, 2.45) is 0 Å². The number of hydrogen-bond acceptors (Lipinski definition) is 5. The second-order valence-corrected chi connectivity index (χ2v) is 6.21. The molecule has 0 atom stereocenters. The zero-order chi connectivity index (χ0) is 14.8. The minimum atomic E-state index is -0.447. The zero-order valence-corrected chi connectivity index (χ0v) is 13.1. The number of nitro benzene ring substituents is 1. The van der Waals surface area contributed by atoms with E-state index in [-0.39, 0.29) is 12.3 Å². The third-order valence-corrected chi connectivity index (χ3v) is 4.48. The van der Waals surface area contributed by atoms with E-state index in [0.29, 0.717) is 10.2 Å². The molecule has 0 spiro atoms. The number of rotatable bonds is 4. The average molecular weight is 365 g/mol. The van der Waals surface area contributed by atoms with E-state index in [1.165, 1.54) is 12.1 Å². The van der Waals surface area contributed by atoms with Crippen LogP contribution < -0.4 is 4.74 Å². The molecule has 7 heteroatoms. The molecule has 0 N–H and O–H groups in total. The predicted octanol–water partition coefficient (Wildman–Crippen LogP) is 4.55. The van der Waals surface area contributed by atoms with Crippen molar-refractivity contribution < 1.29 is 9.66 Å². The average Bonchev–Trinajstić information content (AvgIpc) is 2.89. The van der Waals surface area contributed by atoms with Crippen LogP contribution in [0.4, 0.5) is 5.69 Å². The fourth-order valence-corrected chi connectivity index (χ4v) is 3.08. The number of thiazole rings is 1. The first-order valence-electron chi connectivity index (χ1n) is 6.04.